The van der Waals surface area contributed by atoms with Crippen LogP contribution in [0.2, 0.25) is 0 Å². The Hall–Kier alpha value is -0.630. The highest BCUT2D eigenvalue weighted by atomic mass is 32.1. The summed E-state index contributed by atoms with van der Waals surface area (Å²) in [6.45, 7) is 2.09. The van der Waals surface area contributed by atoms with Crippen LogP contribution in [0.3, 0.4) is 0 Å². The van der Waals surface area contributed by atoms with E-state index in [-0.39, 0.29) is 5.41 Å². The molecule has 0 unspecified atom stereocenters. The van der Waals surface area contributed by atoms with Crippen molar-refractivity contribution in [1.29, 1.82) is 0 Å². The lowest BCUT2D eigenvalue weighted by Crippen LogP contribution is -2.22. The van der Waals surface area contributed by atoms with Gasteiger partial charge in [0.2, 0.25) is 0 Å². The number of rotatable bonds is 0. The molecular weight excluding hydrogens is 180 g/mol. The Kier molecular flexibility index (Phi) is 1.33. The number of aryl methyl sites for hydroxylation is 2. The highest BCUT2D eigenvalue weighted by Gasteiger charge is 2.52. The van der Waals surface area contributed by atoms with E-state index in [1.807, 2.05) is 0 Å². The van der Waals surface area contributed by atoms with Crippen molar-refractivity contribution in [1.82, 2.24) is 0 Å². The van der Waals surface area contributed by atoms with Gasteiger partial charge in [0.05, 0.1) is 0 Å². The van der Waals surface area contributed by atoms with Gasteiger partial charge in [-0.3, -0.25) is 4.79 Å². The van der Waals surface area contributed by atoms with E-state index in [1.165, 1.54) is 9.75 Å². The number of hydrogen-bond donors (Lipinski definition) is 0. The van der Waals surface area contributed by atoms with Crippen molar-refractivity contribution in [3.63, 3.8) is 0 Å². The van der Waals surface area contributed by atoms with Crippen LogP contribution in [0.15, 0.2) is 6.07 Å². The third kappa shape index (κ3) is 0.953. The van der Waals surface area contributed by atoms with Gasteiger partial charge in [0.15, 0.2) is 5.78 Å². The fourth-order valence-corrected chi connectivity index (χ4v) is 3.35. The van der Waals surface area contributed by atoms with Crippen LogP contribution in [-0.4, -0.2) is 5.78 Å². The maximum atomic E-state index is 12.0. The molecule has 1 nitrogen and oxygen atoms in total. The minimum Gasteiger partial charge on any atom is -0.294 e. The molecule has 1 fully saturated rings. The summed E-state index contributed by atoms with van der Waals surface area (Å²) in [6.07, 6.45) is 4.53. The molecule has 0 aromatic carbocycles. The van der Waals surface area contributed by atoms with Gasteiger partial charge in [-0.05, 0) is 38.7 Å². The molecule has 0 N–H and O–H groups in total. The molecule has 2 heteroatoms. The normalized spacial score (nSPS) is 23.3. The fraction of sp³-hybridized carbons (Fsp3) is 0.545. The van der Waals surface area contributed by atoms with Crippen LogP contribution in [0.25, 0.3) is 0 Å². The standard InChI is InChI=1S/C11H12OS/c1-7-6-8-9(13-7)2-3-11(4-5-11)10(8)12/h6H,2-5H2,1H3. The van der Waals surface area contributed by atoms with Crippen molar-refractivity contribution >= 4 is 17.1 Å². The molecule has 1 spiro atoms. The lowest BCUT2D eigenvalue weighted by molar-refractivity contribution is 0.0881. The number of carbonyl (C=O) groups excluding carboxylic acids is 1. The summed E-state index contributed by atoms with van der Waals surface area (Å²) in [5.74, 6) is 0.443. The van der Waals surface area contributed by atoms with Crippen LogP contribution in [0.4, 0.5) is 0 Å². The van der Waals surface area contributed by atoms with E-state index in [2.05, 4.69) is 13.0 Å². The van der Waals surface area contributed by atoms with E-state index >= 15 is 0 Å². The van der Waals surface area contributed by atoms with Crippen LogP contribution < -0.4 is 0 Å². The highest BCUT2D eigenvalue weighted by molar-refractivity contribution is 7.12. The van der Waals surface area contributed by atoms with Crippen LogP contribution in [0, 0.1) is 12.3 Å². The maximum Gasteiger partial charge on any atom is 0.170 e. The molecule has 13 heavy (non-hydrogen) atoms. The monoisotopic (exact) mass is 192 g/mol. The first-order valence-corrected chi connectivity index (χ1v) is 5.67. The number of hydrogen-bond acceptors (Lipinski definition) is 2. The van der Waals surface area contributed by atoms with E-state index in [0.29, 0.717) is 5.78 Å². The molecule has 0 amide bonds. The summed E-state index contributed by atoms with van der Waals surface area (Å²) in [5.41, 5.74) is 1.16. The average Bonchev–Trinajstić information content (AvgIpc) is 2.78. The van der Waals surface area contributed by atoms with Crippen molar-refractivity contribution in [2.45, 2.75) is 32.6 Å². The SMILES string of the molecule is Cc1cc2c(s1)CCC1(CC1)C2=O. The molecule has 68 valence electrons. The molecule has 0 saturated heterocycles. The van der Waals surface area contributed by atoms with Gasteiger partial charge in [0.1, 0.15) is 0 Å². The number of fused-ring (bicyclic) bond motifs is 1. The molecule has 1 aromatic rings. The van der Waals surface area contributed by atoms with Gasteiger partial charge in [-0.1, -0.05) is 0 Å². The zero-order chi connectivity index (χ0) is 9.05. The lowest BCUT2D eigenvalue weighted by Gasteiger charge is -2.19. The predicted octanol–water partition coefficient (Wildman–Crippen LogP) is 2.97. The quantitative estimate of drug-likeness (QED) is 0.617. The molecule has 0 bridgehead atoms. The molecule has 0 aliphatic heterocycles. The van der Waals surface area contributed by atoms with E-state index in [9.17, 15) is 4.79 Å². The molecule has 1 saturated carbocycles. The van der Waals surface area contributed by atoms with Gasteiger partial charge < -0.3 is 0 Å². The second kappa shape index (κ2) is 2.24. The van der Waals surface area contributed by atoms with Gasteiger partial charge in [0, 0.05) is 20.7 Å². The van der Waals surface area contributed by atoms with Crippen LogP contribution in [0.1, 0.15) is 39.4 Å². The van der Waals surface area contributed by atoms with Crippen molar-refractivity contribution < 1.29 is 4.79 Å². The second-order valence-electron chi connectivity index (χ2n) is 4.30. The third-order valence-electron chi connectivity index (χ3n) is 3.34. The number of ketones is 1. The van der Waals surface area contributed by atoms with E-state index in [4.69, 9.17) is 0 Å². The van der Waals surface area contributed by atoms with Gasteiger partial charge in [-0.25, -0.2) is 0 Å². The summed E-state index contributed by atoms with van der Waals surface area (Å²) in [7, 11) is 0. The first kappa shape index (κ1) is 7.74. The van der Waals surface area contributed by atoms with Crippen molar-refractivity contribution in [3.8, 4) is 0 Å². The highest BCUT2D eigenvalue weighted by Crippen LogP contribution is 2.55. The Labute approximate surface area is 81.8 Å². The Balaban J connectivity index is 2.12. The largest absolute Gasteiger partial charge is 0.294 e. The third-order valence-corrected chi connectivity index (χ3v) is 4.45. The summed E-state index contributed by atoms with van der Waals surface area (Å²) < 4.78 is 0. The molecule has 2 aliphatic rings. The van der Waals surface area contributed by atoms with E-state index in [1.54, 1.807) is 11.3 Å². The summed E-state index contributed by atoms with van der Waals surface area (Å²) in [6, 6.07) is 2.08. The topological polar surface area (TPSA) is 17.1 Å². The summed E-state index contributed by atoms with van der Waals surface area (Å²) in [5, 5.41) is 0. The van der Waals surface area contributed by atoms with E-state index < -0.39 is 0 Å². The molecular formula is C11H12OS. The fourth-order valence-electron chi connectivity index (χ4n) is 2.32. The molecule has 0 radical (unpaired) electrons. The second-order valence-corrected chi connectivity index (χ2v) is 5.64. The summed E-state index contributed by atoms with van der Waals surface area (Å²) >= 11 is 1.80. The van der Waals surface area contributed by atoms with Crippen LogP contribution in [0.5, 0.6) is 0 Å². The van der Waals surface area contributed by atoms with E-state index in [0.717, 1.165) is 31.2 Å². The van der Waals surface area contributed by atoms with Gasteiger partial charge >= 0.3 is 0 Å². The molecule has 3 rings (SSSR count). The first-order chi connectivity index (χ1) is 6.21. The number of carbonyl (C=O) groups is 1. The van der Waals surface area contributed by atoms with Gasteiger partial charge in [-0.15, -0.1) is 11.3 Å². The Bertz CT molecular complexity index is 385. The average molecular weight is 192 g/mol. The minimum absolute atomic E-state index is 0.112. The predicted molar refractivity (Wildman–Crippen MR) is 53.4 cm³/mol. The Morgan fingerprint density at radius 2 is 2.15 bits per heavy atom. The maximum absolute atomic E-state index is 12.0. The van der Waals surface area contributed by atoms with Gasteiger partial charge in [0.25, 0.3) is 0 Å². The van der Waals surface area contributed by atoms with Crippen molar-refractivity contribution in [3.05, 3.63) is 21.4 Å². The van der Waals surface area contributed by atoms with Crippen molar-refractivity contribution in [2.24, 2.45) is 5.41 Å². The number of Topliss-reactive ketones (excluding diaryl/α,β-unsaturated/α-hetero) is 1. The van der Waals surface area contributed by atoms with Gasteiger partial charge in [-0.2, -0.15) is 0 Å². The zero-order valence-corrected chi connectivity index (χ0v) is 8.54. The minimum atomic E-state index is 0.112. The zero-order valence-electron chi connectivity index (χ0n) is 7.72. The molecule has 0 atom stereocenters. The summed E-state index contributed by atoms with van der Waals surface area (Å²) in [4.78, 5) is 14.6. The molecule has 2 aliphatic carbocycles. The first-order valence-electron chi connectivity index (χ1n) is 4.85. The number of thiophene rings is 1. The Morgan fingerprint density at radius 3 is 2.85 bits per heavy atom. The van der Waals surface area contributed by atoms with Crippen molar-refractivity contribution in [2.75, 3.05) is 0 Å². The van der Waals surface area contributed by atoms with Crippen LogP contribution >= 0.6 is 11.3 Å². The Morgan fingerprint density at radius 1 is 1.38 bits per heavy atom. The molecule has 1 heterocycles. The molecule has 1 aromatic heterocycles. The lowest BCUT2D eigenvalue weighted by atomic mass is 9.84. The smallest absolute Gasteiger partial charge is 0.170 e. The van der Waals surface area contributed by atoms with Crippen LogP contribution in [-0.2, 0) is 6.42 Å².